The predicted molar refractivity (Wildman–Crippen MR) is 107 cm³/mol. The van der Waals surface area contributed by atoms with E-state index in [4.69, 9.17) is 11.2 Å². The molecule has 0 radical (unpaired) electrons. The molecule has 1 aromatic carbocycles. The molecule has 1 amide bonds. The maximum Gasteiger partial charge on any atom is 0.246 e. The summed E-state index contributed by atoms with van der Waals surface area (Å²) in [5, 5.41) is 9.14. The van der Waals surface area contributed by atoms with Gasteiger partial charge >= 0.3 is 0 Å². The molecule has 26 heavy (non-hydrogen) atoms. The monoisotopic (exact) mass is 358 g/mol. The highest BCUT2D eigenvalue weighted by Gasteiger charge is 2.24. The first kappa shape index (κ1) is 21.5. The van der Waals surface area contributed by atoms with Crippen LogP contribution in [-0.2, 0) is 9.53 Å². The number of guanidine groups is 1. The number of hydrogen-bond donors (Lipinski definition) is 3. The van der Waals surface area contributed by atoms with Gasteiger partial charge in [-0.05, 0) is 30.5 Å². The first-order chi connectivity index (χ1) is 12.3. The van der Waals surface area contributed by atoms with E-state index >= 15 is 0 Å². The van der Waals surface area contributed by atoms with Crippen LogP contribution in [0.15, 0.2) is 29.3 Å². The van der Waals surface area contributed by atoms with Crippen LogP contribution in [0.1, 0.15) is 33.3 Å². The molecule has 0 fully saturated rings. The summed E-state index contributed by atoms with van der Waals surface area (Å²) in [6, 6.07) is 7.15. The number of rotatable bonds is 7. The van der Waals surface area contributed by atoms with E-state index in [1.54, 1.807) is 25.3 Å². The molecule has 0 aliphatic heterocycles. The van der Waals surface area contributed by atoms with Gasteiger partial charge in [-0.3, -0.25) is 4.79 Å². The van der Waals surface area contributed by atoms with Crippen molar-refractivity contribution in [2.45, 2.75) is 33.8 Å². The van der Waals surface area contributed by atoms with Gasteiger partial charge in [-0.2, -0.15) is 0 Å². The minimum Gasteiger partial charge on any atom is -0.379 e. The summed E-state index contributed by atoms with van der Waals surface area (Å²) in [7, 11) is 1.69. The van der Waals surface area contributed by atoms with Gasteiger partial charge in [0.2, 0.25) is 5.91 Å². The Bertz CT molecular complexity index is 657. The molecule has 0 aromatic heterocycles. The highest BCUT2D eigenvalue weighted by atomic mass is 16.5. The van der Waals surface area contributed by atoms with Crippen LogP contribution in [0.3, 0.4) is 0 Å². The highest BCUT2D eigenvalue weighted by molar-refractivity contribution is 5.94. The lowest BCUT2D eigenvalue weighted by Crippen LogP contribution is -2.45. The Morgan fingerprint density at radius 1 is 1.35 bits per heavy atom. The van der Waals surface area contributed by atoms with E-state index in [0.717, 1.165) is 0 Å². The Kier molecular flexibility index (Phi) is 8.66. The molecule has 1 unspecified atom stereocenters. The lowest BCUT2D eigenvalue weighted by molar-refractivity contribution is -0.114. The van der Waals surface area contributed by atoms with E-state index in [-0.39, 0.29) is 24.0 Å². The summed E-state index contributed by atoms with van der Waals surface area (Å²) in [6.45, 7) is 9.62. The lowest BCUT2D eigenvalue weighted by atomic mass is 9.89. The van der Waals surface area contributed by atoms with Crippen LogP contribution in [0.4, 0.5) is 5.69 Å². The highest BCUT2D eigenvalue weighted by Crippen LogP contribution is 2.20. The molecule has 0 bridgehead atoms. The molecule has 1 atom stereocenters. The average Bonchev–Trinajstić information content (AvgIpc) is 2.59. The van der Waals surface area contributed by atoms with Gasteiger partial charge in [0.25, 0.3) is 0 Å². The summed E-state index contributed by atoms with van der Waals surface area (Å²) in [6.07, 6.45) is 5.39. The third-order valence-electron chi connectivity index (χ3n) is 3.74. The molecule has 1 rings (SSSR count). The quantitative estimate of drug-likeness (QED) is 0.397. The summed E-state index contributed by atoms with van der Waals surface area (Å²) < 4.78 is 5.53. The Labute approximate surface area is 156 Å². The topological polar surface area (TPSA) is 74.8 Å². The van der Waals surface area contributed by atoms with Crippen molar-refractivity contribution >= 4 is 17.6 Å². The molecule has 0 saturated heterocycles. The van der Waals surface area contributed by atoms with Crippen molar-refractivity contribution in [2.75, 3.05) is 32.1 Å². The van der Waals surface area contributed by atoms with Gasteiger partial charge in [-0.25, -0.2) is 4.99 Å². The van der Waals surface area contributed by atoms with Gasteiger partial charge in [-0.15, -0.1) is 6.42 Å². The van der Waals surface area contributed by atoms with Crippen LogP contribution in [-0.4, -0.2) is 44.7 Å². The van der Waals surface area contributed by atoms with E-state index in [1.165, 1.54) is 0 Å². The first-order valence-corrected chi connectivity index (χ1v) is 8.71. The van der Waals surface area contributed by atoms with Crippen LogP contribution in [0.5, 0.6) is 0 Å². The van der Waals surface area contributed by atoms with Crippen LogP contribution in [0.25, 0.3) is 0 Å². The number of ether oxygens (including phenoxy) is 1. The molecule has 0 spiro atoms. The summed E-state index contributed by atoms with van der Waals surface area (Å²) >= 11 is 0. The number of aliphatic imine (C=N–C) groups is 1. The second-order valence-corrected chi connectivity index (χ2v) is 6.94. The van der Waals surface area contributed by atoms with Crippen molar-refractivity contribution in [3.05, 3.63) is 29.8 Å². The predicted octanol–water partition coefficient (Wildman–Crippen LogP) is 2.22. The third kappa shape index (κ3) is 7.58. The van der Waals surface area contributed by atoms with Gasteiger partial charge in [-0.1, -0.05) is 32.8 Å². The maximum atomic E-state index is 12.1. The fraction of sp³-hybridized carbons (Fsp3) is 0.500. The fourth-order valence-corrected chi connectivity index (χ4v) is 2.31. The molecule has 6 heteroatoms. The molecular weight excluding hydrogens is 328 g/mol. The number of carbonyl (C=O) groups excluding carboxylic acids is 1. The summed E-state index contributed by atoms with van der Waals surface area (Å²) in [4.78, 5) is 16.5. The summed E-state index contributed by atoms with van der Waals surface area (Å²) in [5.74, 6) is 2.90. The van der Waals surface area contributed by atoms with Crippen molar-refractivity contribution in [3.63, 3.8) is 0 Å². The number of carbonyl (C=O) groups is 1. The Morgan fingerprint density at radius 2 is 2.08 bits per heavy atom. The number of methoxy groups -OCH3 is 1. The van der Waals surface area contributed by atoms with Crippen molar-refractivity contribution in [1.29, 1.82) is 0 Å². The van der Waals surface area contributed by atoms with Gasteiger partial charge in [0.1, 0.15) is 6.54 Å². The van der Waals surface area contributed by atoms with Gasteiger partial charge in [0.05, 0.1) is 6.10 Å². The van der Waals surface area contributed by atoms with Crippen LogP contribution in [0, 0.1) is 17.8 Å². The minimum atomic E-state index is -0.213. The van der Waals surface area contributed by atoms with Crippen molar-refractivity contribution in [3.8, 4) is 12.3 Å². The van der Waals surface area contributed by atoms with Gasteiger partial charge in [0, 0.05) is 31.5 Å². The van der Waals surface area contributed by atoms with Gasteiger partial charge < -0.3 is 20.7 Å². The van der Waals surface area contributed by atoms with Crippen molar-refractivity contribution < 1.29 is 9.53 Å². The molecule has 0 aliphatic carbocycles. The Hall–Kier alpha value is -2.52. The van der Waals surface area contributed by atoms with Crippen molar-refractivity contribution in [1.82, 2.24) is 10.6 Å². The number of nitrogens with one attached hydrogen (secondary N) is 3. The summed E-state index contributed by atoms with van der Waals surface area (Å²) in [5.41, 5.74) is 1.37. The van der Waals surface area contributed by atoms with Crippen LogP contribution >= 0.6 is 0 Å². The van der Waals surface area contributed by atoms with E-state index in [0.29, 0.717) is 30.3 Å². The normalized spacial score (nSPS) is 12.8. The molecule has 3 N–H and O–H groups in total. The zero-order chi connectivity index (χ0) is 19.6. The van der Waals surface area contributed by atoms with Gasteiger partial charge in [0.15, 0.2) is 5.96 Å². The number of amides is 1. The van der Waals surface area contributed by atoms with Crippen molar-refractivity contribution in [2.24, 2.45) is 10.4 Å². The fourth-order valence-electron chi connectivity index (χ4n) is 2.31. The van der Waals surface area contributed by atoms with E-state index in [2.05, 4.69) is 47.6 Å². The number of terminal acetylenes is 1. The van der Waals surface area contributed by atoms with E-state index in [9.17, 15) is 4.79 Å². The number of nitrogens with zero attached hydrogens (tertiary/aromatic N) is 1. The minimum absolute atomic E-state index is 0.00149. The number of anilines is 1. The standard InChI is InChI=1S/C20H30N4O2/c1-7-15-10-9-11-16(12-15)24-18(25)14-23-19(21-8-2)22-13-17(26-6)20(3,4)5/h1,9-12,17H,8,13-14H2,2-6H3,(H,24,25)(H2,21,22,23). The second kappa shape index (κ2) is 10.5. The number of benzene rings is 1. The third-order valence-corrected chi connectivity index (χ3v) is 3.74. The number of hydrogen-bond acceptors (Lipinski definition) is 3. The van der Waals surface area contributed by atoms with Crippen LogP contribution in [0.2, 0.25) is 0 Å². The Balaban J connectivity index is 2.64. The maximum absolute atomic E-state index is 12.1. The molecular formula is C20H30N4O2. The smallest absolute Gasteiger partial charge is 0.246 e. The lowest BCUT2D eigenvalue weighted by Gasteiger charge is -2.30. The Morgan fingerprint density at radius 3 is 2.65 bits per heavy atom. The van der Waals surface area contributed by atoms with E-state index in [1.807, 2.05) is 13.0 Å². The average molecular weight is 358 g/mol. The second-order valence-electron chi connectivity index (χ2n) is 6.94. The van der Waals surface area contributed by atoms with Crippen LogP contribution < -0.4 is 16.0 Å². The molecule has 6 nitrogen and oxygen atoms in total. The first-order valence-electron chi connectivity index (χ1n) is 8.71. The molecule has 1 aromatic rings. The van der Waals surface area contributed by atoms with E-state index < -0.39 is 0 Å². The zero-order valence-electron chi connectivity index (χ0n) is 16.3. The SMILES string of the molecule is C#Cc1cccc(NC(=O)CN=C(NCC)NCC(OC)C(C)(C)C)c1. The molecule has 142 valence electrons. The molecule has 0 aliphatic rings. The molecule has 0 heterocycles. The largest absolute Gasteiger partial charge is 0.379 e. The molecule has 0 saturated carbocycles. The zero-order valence-corrected chi connectivity index (χ0v) is 16.3.